The number of hydrogen-bond acceptors (Lipinski definition) is 9. The van der Waals surface area contributed by atoms with Crippen LogP contribution in [0, 0.1) is 20.2 Å². The van der Waals surface area contributed by atoms with Crippen LogP contribution in [0.1, 0.15) is 26.7 Å². The van der Waals surface area contributed by atoms with Crippen LogP contribution >= 0.6 is 0 Å². The van der Waals surface area contributed by atoms with E-state index in [-0.39, 0.29) is 17.1 Å². The number of ether oxygens (including phenoxy) is 1. The fourth-order valence-electron chi connectivity index (χ4n) is 3.68. The first-order valence-corrected chi connectivity index (χ1v) is 10.7. The van der Waals surface area contributed by atoms with E-state index in [9.17, 15) is 25.3 Å². The molecule has 3 rings (SSSR count). The lowest BCUT2D eigenvalue weighted by atomic mass is 10.0. The summed E-state index contributed by atoms with van der Waals surface area (Å²) in [6, 6.07) is 10.2. The Morgan fingerprint density at radius 2 is 1.59 bits per heavy atom. The van der Waals surface area contributed by atoms with Crippen molar-refractivity contribution in [1.82, 2.24) is 0 Å². The highest BCUT2D eigenvalue weighted by molar-refractivity contribution is 6.02. The van der Waals surface area contributed by atoms with Crippen LogP contribution in [0.2, 0.25) is 0 Å². The van der Waals surface area contributed by atoms with E-state index in [1.807, 2.05) is 12.1 Å². The van der Waals surface area contributed by atoms with Gasteiger partial charge in [-0.15, -0.1) is 10.2 Å². The Morgan fingerprint density at radius 3 is 2.18 bits per heavy atom. The molecule has 0 saturated heterocycles. The van der Waals surface area contributed by atoms with Crippen molar-refractivity contribution in [2.24, 2.45) is 10.2 Å². The summed E-state index contributed by atoms with van der Waals surface area (Å²) in [4.78, 5) is 23.1. The van der Waals surface area contributed by atoms with Gasteiger partial charge in [0.05, 0.1) is 23.0 Å². The molecule has 0 saturated carbocycles. The van der Waals surface area contributed by atoms with Crippen LogP contribution in [0.3, 0.4) is 0 Å². The Hall–Kier alpha value is -4.28. The molecule has 0 amide bonds. The number of methoxy groups -OCH3 is 1. The first kappa shape index (κ1) is 24.4. The highest BCUT2D eigenvalue weighted by atomic mass is 16.6. The number of azo groups is 1. The summed E-state index contributed by atoms with van der Waals surface area (Å²) in [6.45, 7) is 5.71. The SMILES string of the molecule is CCCN(CCC)c1cc(N=Nc2ccc([N+](=O)[O-])cc2[N+](=O)[O-])c(O)c2cc(OC)ccc12. The van der Waals surface area contributed by atoms with Gasteiger partial charge in [0, 0.05) is 35.6 Å². The highest BCUT2D eigenvalue weighted by Crippen LogP contribution is 2.43. The first-order chi connectivity index (χ1) is 16.3. The van der Waals surface area contributed by atoms with Gasteiger partial charge in [-0.3, -0.25) is 20.2 Å². The van der Waals surface area contributed by atoms with Crippen molar-refractivity contribution in [2.45, 2.75) is 26.7 Å². The predicted molar refractivity (Wildman–Crippen MR) is 129 cm³/mol. The molecule has 1 N–H and O–H groups in total. The van der Waals surface area contributed by atoms with Gasteiger partial charge in [-0.05, 0) is 43.2 Å². The van der Waals surface area contributed by atoms with Crippen molar-refractivity contribution in [3.8, 4) is 11.5 Å². The Morgan fingerprint density at radius 1 is 0.912 bits per heavy atom. The predicted octanol–water partition coefficient (Wildman–Crippen LogP) is 6.41. The first-order valence-electron chi connectivity index (χ1n) is 10.7. The number of phenols is 1. The van der Waals surface area contributed by atoms with Gasteiger partial charge >= 0.3 is 5.69 Å². The second-order valence-electron chi connectivity index (χ2n) is 7.55. The van der Waals surface area contributed by atoms with Gasteiger partial charge in [0.15, 0.2) is 11.4 Å². The molecule has 3 aromatic rings. The Bertz CT molecular complexity index is 1250. The van der Waals surface area contributed by atoms with Crippen LogP contribution in [0.15, 0.2) is 52.7 Å². The van der Waals surface area contributed by atoms with Crippen LogP contribution in [-0.2, 0) is 0 Å². The van der Waals surface area contributed by atoms with Crippen LogP contribution < -0.4 is 9.64 Å². The Kier molecular flexibility index (Phi) is 7.57. The number of benzene rings is 3. The molecule has 34 heavy (non-hydrogen) atoms. The maximum Gasteiger partial charge on any atom is 0.303 e. The lowest BCUT2D eigenvalue weighted by Crippen LogP contribution is -2.25. The molecule has 0 radical (unpaired) electrons. The standard InChI is InChI=1S/C23H25N5O6/c1-4-10-26(11-5-2)21-14-20(23(29)18-13-16(34-3)7-8-17(18)21)25-24-19-9-6-15(27(30)31)12-22(19)28(32)33/h6-9,12-14,29H,4-5,10-11H2,1-3H3. The van der Waals surface area contributed by atoms with Gasteiger partial charge in [0.2, 0.25) is 0 Å². The molecule has 0 spiro atoms. The number of nitro groups is 2. The minimum atomic E-state index is -0.762. The van der Waals surface area contributed by atoms with Gasteiger partial charge < -0.3 is 14.7 Å². The van der Waals surface area contributed by atoms with Crippen LogP contribution in [0.5, 0.6) is 11.5 Å². The van der Waals surface area contributed by atoms with E-state index >= 15 is 0 Å². The molecular formula is C23H25N5O6. The van der Waals surface area contributed by atoms with Crippen molar-refractivity contribution < 1.29 is 19.7 Å². The third kappa shape index (κ3) is 5.03. The van der Waals surface area contributed by atoms with Crippen molar-refractivity contribution in [2.75, 3.05) is 25.1 Å². The zero-order valence-electron chi connectivity index (χ0n) is 19.1. The summed E-state index contributed by atoms with van der Waals surface area (Å²) in [5.74, 6) is 0.394. The highest BCUT2D eigenvalue weighted by Gasteiger charge is 2.20. The zero-order chi connectivity index (χ0) is 24.8. The normalized spacial score (nSPS) is 11.1. The molecule has 11 nitrogen and oxygen atoms in total. The van der Waals surface area contributed by atoms with E-state index in [2.05, 4.69) is 29.0 Å². The van der Waals surface area contributed by atoms with Crippen molar-refractivity contribution in [3.05, 3.63) is 62.7 Å². The number of rotatable bonds is 10. The van der Waals surface area contributed by atoms with Crippen molar-refractivity contribution >= 4 is 39.2 Å². The van der Waals surface area contributed by atoms with Gasteiger partial charge in [-0.25, -0.2) is 0 Å². The summed E-state index contributed by atoms with van der Waals surface area (Å²) < 4.78 is 5.31. The molecule has 0 atom stereocenters. The molecular weight excluding hydrogens is 442 g/mol. The molecule has 11 heteroatoms. The van der Waals surface area contributed by atoms with Crippen LogP contribution in [0.4, 0.5) is 28.4 Å². The van der Waals surface area contributed by atoms with Gasteiger partial charge in [0.1, 0.15) is 11.4 Å². The number of aromatic hydroxyl groups is 1. The summed E-state index contributed by atoms with van der Waals surface area (Å²) in [6.07, 6.45) is 1.81. The maximum absolute atomic E-state index is 11.4. The Balaban J connectivity index is 2.19. The fourth-order valence-corrected chi connectivity index (χ4v) is 3.68. The van der Waals surface area contributed by atoms with E-state index in [0.717, 1.165) is 55.2 Å². The van der Waals surface area contributed by atoms with E-state index in [0.29, 0.717) is 11.1 Å². The summed E-state index contributed by atoms with van der Waals surface area (Å²) in [5, 5.41) is 42.7. The van der Waals surface area contributed by atoms with Gasteiger partial charge in [-0.2, -0.15) is 0 Å². The number of phenolic OH excluding ortho intramolecular Hbond substituents is 1. The number of hydrogen-bond donors (Lipinski definition) is 1. The number of non-ortho nitro benzene ring substituents is 1. The minimum absolute atomic E-state index is 0.112. The van der Waals surface area contributed by atoms with E-state index < -0.39 is 21.2 Å². The van der Waals surface area contributed by atoms with Crippen LogP contribution in [-0.4, -0.2) is 35.2 Å². The molecule has 0 aliphatic heterocycles. The average molecular weight is 467 g/mol. The van der Waals surface area contributed by atoms with E-state index in [4.69, 9.17) is 4.74 Å². The van der Waals surface area contributed by atoms with Crippen molar-refractivity contribution in [1.29, 1.82) is 0 Å². The lowest BCUT2D eigenvalue weighted by molar-refractivity contribution is -0.393. The molecule has 3 aromatic carbocycles. The second-order valence-corrected chi connectivity index (χ2v) is 7.55. The molecule has 0 aliphatic rings. The van der Waals surface area contributed by atoms with Gasteiger partial charge in [-0.1, -0.05) is 13.8 Å². The topological polar surface area (TPSA) is 144 Å². The third-order valence-electron chi connectivity index (χ3n) is 5.23. The van der Waals surface area contributed by atoms with E-state index in [1.54, 1.807) is 12.1 Å². The fraction of sp³-hybridized carbons (Fsp3) is 0.304. The molecule has 0 unspecified atom stereocenters. The molecule has 178 valence electrons. The zero-order valence-corrected chi connectivity index (χ0v) is 19.1. The summed E-state index contributed by atoms with van der Waals surface area (Å²) in [7, 11) is 1.52. The minimum Gasteiger partial charge on any atom is -0.505 e. The molecule has 0 fully saturated rings. The van der Waals surface area contributed by atoms with E-state index in [1.165, 1.54) is 7.11 Å². The smallest absolute Gasteiger partial charge is 0.303 e. The number of nitro benzene ring substituents is 2. The third-order valence-corrected chi connectivity index (χ3v) is 5.23. The average Bonchev–Trinajstić information content (AvgIpc) is 2.83. The van der Waals surface area contributed by atoms with Crippen LogP contribution in [0.25, 0.3) is 10.8 Å². The number of fused-ring (bicyclic) bond motifs is 1. The number of nitrogens with zero attached hydrogens (tertiary/aromatic N) is 5. The molecule has 0 aliphatic carbocycles. The number of anilines is 1. The molecule has 0 heterocycles. The Labute approximate surface area is 195 Å². The quantitative estimate of drug-likeness (QED) is 0.206. The summed E-state index contributed by atoms with van der Waals surface area (Å²) >= 11 is 0. The molecule has 0 aromatic heterocycles. The second kappa shape index (κ2) is 10.6. The summed E-state index contributed by atoms with van der Waals surface area (Å²) in [5.41, 5.74) is -0.199. The van der Waals surface area contributed by atoms with Crippen molar-refractivity contribution in [3.63, 3.8) is 0 Å². The maximum atomic E-state index is 11.4. The lowest BCUT2D eigenvalue weighted by Gasteiger charge is -2.26. The van der Waals surface area contributed by atoms with Gasteiger partial charge in [0.25, 0.3) is 5.69 Å². The molecule has 0 bridgehead atoms. The monoisotopic (exact) mass is 467 g/mol. The largest absolute Gasteiger partial charge is 0.505 e.